The monoisotopic (exact) mass is 386 g/mol. The van der Waals surface area contributed by atoms with Crippen LogP contribution in [-0.4, -0.2) is 12.5 Å². The van der Waals surface area contributed by atoms with Gasteiger partial charge in [0.15, 0.2) is 5.75 Å². The zero-order valence-corrected chi connectivity index (χ0v) is 16.0. The number of rotatable bonds is 9. The first-order valence-corrected chi connectivity index (χ1v) is 9.49. The van der Waals surface area contributed by atoms with Crippen molar-refractivity contribution >= 4 is 11.6 Å². The van der Waals surface area contributed by atoms with Crippen LogP contribution < -0.4 is 14.8 Å². The van der Waals surface area contributed by atoms with E-state index < -0.39 is 0 Å². The van der Waals surface area contributed by atoms with E-state index in [1.165, 1.54) is 0 Å². The molecule has 0 fully saturated rings. The van der Waals surface area contributed by atoms with E-state index >= 15 is 0 Å². The van der Waals surface area contributed by atoms with E-state index in [0.717, 1.165) is 6.42 Å². The highest BCUT2D eigenvalue weighted by molar-refractivity contribution is 5.92. The molecule has 1 amide bonds. The van der Waals surface area contributed by atoms with Crippen LogP contribution in [0.2, 0.25) is 0 Å². The van der Waals surface area contributed by atoms with Gasteiger partial charge in [-0.1, -0.05) is 36.4 Å². The third kappa shape index (κ3) is 6.40. The second kappa shape index (κ2) is 10.5. The van der Waals surface area contributed by atoms with Gasteiger partial charge < -0.3 is 14.8 Å². The summed E-state index contributed by atoms with van der Waals surface area (Å²) in [5.41, 5.74) is 1.21. The Morgan fingerprint density at radius 3 is 2.48 bits per heavy atom. The fourth-order valence-corrected chi connectivity index (χ4v) is 2.72. The van der Waals surface area contributed by atoms with Crippen molar-refractivity contribution in [2.24, 2.45) is 0 Å². The summed E-state index contributed by atoms with van der Waals surface area (Å²) >= 11 is 0. The summed E-state index contributed by atoms with van der Waals surface area (Å²) in [5.74, 6) is 1.92. The first-order valence-electron chi connectivity index (χ1n) is 9.49. The van der Waals surface area contributed by atoms with Crippen molar-refractivity contribution in [2.75, 3.05) is 11.9 Å². The van der Waals surface area contributed by atoms with Crippen LogP contribution in [0.15, 0.2) is 78.9 Å². The molecule has 0 aliphatic carbocycles. The number of hydrogen-bond acceptors (Lipinski definition) is 4. The van der Waals surface area contributed by atoms with Crippen molar-refractivity contribution in [3.05, 3.63) is 84.4 Å². The van der Waals surface area contributed by atoms with E-state index in [9.17, 15) is 4.79 Å². The standard InChI is InChI=1S/C24H22N2O3/c25-18-19-9-8-12-21(17-19)28-16-7-6-15-24(27)26-22-13-4-5-14-23(22)29-20-10-2-1-3-11-20/h1-5,8-14,17H,6-7,15-16H2,(H,26,27). The van der Waals surface area contributed by atoms with Gasteiger partial charge in [-0.05, 0) is 55.3 Å². The topological polar surface area (TPSA) is 71.3 Å². The highest BCUT2D eigenvalue weighted by Gasteiger charge is 2.08. The van der Waals surface area contributed by atoms with Crippen LogP contribution >= 0.6 is 0 Å². The summed E-state index contributed by atoms with van der Waals surface area (Å²) in [5, 5.41) is 11.8. The van der Waals surface area contributed by atoms with Gasteiger partial charge in [-0.2, -0.15) is 5.26 Å². The van der Waals surface area contributed by atoms with Crippen LogP contribution in [0.5, 0.6) is 17.2 Å². The van der Waals surface area contributed by atoms with E-state index in [4.69, 9.17) is 14.7 Å². The molecule has 0 aromatic heterocycles. The molecule has 0 aliphatic heterocycles. The summed E-state index contributed by atoms with van der Waals surface area (Å²) in [6, 6.07) is 25.9. The number of carbonyl (C=O) groups excluding carboxylic acids is 1. The molecule has 3 rings (SSSR count). The average Bonchev–Trinajstić information content (AvgIpc) is 2.76. The minimum Gasteiger partial charge on any atom is -0.494 e. The van der Waals surface area contributed by atoms with E-state index in [-0.39, 0.29) is 5.91 Å². The molecule has 146 valence electrons. The number of nitrogens with one attached hydrogen (secondary N) is 1. The normalized spacial score (nSPS) is 10.0. The van der Waals surface area contributed by atoms with Crippen LogP contribution in [0.25, 0.3) is 0 Å². The maximum Gasteiger partial charge on any atom is 0.224 e. The SMILES string of the molecule is N#Cc1cccc(OCCCCC(=O)Nc2ccccc2Oc2ccccc2)c1. The molecular weight excluding hydrogens is 364 g/mol. The highest BCUT2D eigenvalue weighted by Crippen LogP contribution is 2.29. The van der Waals surface area contributed by atoms with E-state index in [0.29, 0.717) is 47.9 Å². The number of amides is 1. The van der Waals surface area contributed by atoms with Crippen molar-refractivity contribution in [1.29, 1.82) is 5.26 Å². The lowest BCUT2D eigenvalue weighted by molar-refractivity contribution is -0.116. The van der Waals surface area contributed by atoms with Gasteiger partial charge in [-0.15, -0.1) is 0 Å². The summed E-state index contributed by atoms with van der Waals surface area (Å²) in [4.78, 5) is 12.3. The van der Waals surface area contributed by atoms with Gasteiger partial charge >= 0.3 is 0 Å². The average molecular weight is 386 g/mol. The molecule has 0 saturated carbocycles. The van der Waals surface area contributed by atoms with Gasteiger partial charge in [-0.3, -0.25) is 4.79 Å². The first kappa shape index (κ1) is 20.0. The van der Waals surface area contributed by atoms with Crippen molar-refractivity contribution in [1.82, 2.24) is 0 Å². The van der Waals surface area contributed by atoms with E-state index in [2.05, 4.69) is 11.4 Å². The summed E-state index contributed by atoms with van der Waals surface area (Å²) in [6.07, 6.45) is 1.83. The first-order chi connectivity index (χ1) is 14.2. The number of nitriles is 1. The number of para-hydroxylation sites is 3. The minimum absolute atomic E-state index is 0.0689. The molecule has 3 aromatic carbocycles. The lowest BCUT2D eigenvalue weighted by Gasteiger charge is -2.12. The predicted octanol–water partition coefficient (Wildman–Crippen LogP) is 5.54. The molecule has 0 atom stereocenters. The number of nitrogens with zero attached hydrogens (tertiary/aromatic N) is 1. The Kier molecular flexibility index (Phi) is 7.25. The van der Waals surface area contributed by atoms with E-state index in [1.807, 2.05) is 60.7 Å². The predicted molar refractivity (Wildman–Crippen MR) is 112 cm³/mol. The van der Waals surface area contributed by atoms with Crippen molar-refractivity contribution in [3.63, 3.8) is 0 Å². The highest BCUT2D eigenvalue weighted by atomic mass is 16.5. The minimum atomic E-state index is -0.0689. The van der Waals surface area contributed by atoms with Crippen LogP contribution in [0, 0.1) is 11.3 Å². The second-order valence-electron chi connectivity index (χ2n) is 6.40. The smallest absolute Gasteiger partial charge is 0.224 e. The Balaban J connectivity index is 1.43. The zero-order valence-electron chi connectivity index (χ0n) is 16.0. The Morgan fingerprint density at radius 2 is 1.66 bits per heavy atom. The largest absolute Gasteiger partial charge is 0.494 e. The van der Waals surface area contributed by atoms with Gasteiger partial charge in [0.25, 0.3) is 0 Å². The molecule has 0 radical (unpaired) electrons. The van der Waals surface area contributed by atoms with Crippen LogP contribution in [0.4, 0.5) is 5.69 Å². The number of unbranched alkanes of at least 4 members (excludes halogenated alkanes) is 1. The molecule has 0 bridgehead atoms. The quantitative estimate of drug-likeness (QED) is 0.490. The Hall–Kier alpha value is -3.78. The van der Waals surface area contributed by atoms with Crippen molar-refractivity contribution < 1.29 is 14.3 Å². The molecular formula is C24H22N2O3. The third-order valence-corrected chi connectivity index (χ3v) is 4.16. The Labute approximate surface area is 170 Å². The van der Waals surface area contributed by atoms with Crippen LogP contribution in [-0.2, 0) is 4.79 Å². The maximum absolute atomic E-state index is 12.3. The second-order valence-corrected chi connectivity index (χ2v) is 6.40. The van der Waals surface area contributed by atoms with Gasteiger partial charge in [-0.25, -0.2) is 0 Å². The lowest BCUT2D eigenvalue weighted by atomic mass is 10.2. The fraction of sp³-hybridized carbons (Fsp3) is 0.167. The number of anilines is 1. The Bertz CT molecular complexity index is 981. The van der Waals surface area contributed by atoms with Crippen LogP contribution in [0.3, 0.4) is 0 Å². The molecule has 0 unspecified atom stereocenters. The Morgan fingerprint density at radius 1 is 0.897 bits per heavy atom. The number of hydrogen-bond donors (Lipinski definition) is 1. The lowest BCUT2D eigenvalue weighted by Crippen LogP contribution is -2.12. The van der Waals surface area contributed by atoms with Gasteiger partial charge in [0.05, 0.1) is 23.9 Å². The van der Waals surface area contributed by atoms with Gasteiger partial charge in [0.1, 0.15) is 11.5 Å². The molecule has 1 N–H and O–H groups in total. The van der Waals surface area contributed by atoms with Crippen molar-refractivity contribution in [3.8, 4) is 23.3 Å². The molecule has 0 spiro atoms. The third-order valence-electron chi connectivity index (χ3n) is 4.16. The van der Waals surface area contributed by atoms with Crippen molar-refractivity contribution in [2.45, 2.75) is 19.3 Å². The molecule has 0 heterocycles. The molecule has 29 heavy (non-hydrogen) atoms. The molecule has 3 aromatic rings. The number of benzene rings is 3. The fourth-order valence-electron chi connectivity index (χ4n) is 2.72. The van der Waals surface area contributed by atoms with Crippen LogP contribution in [0.1, 0.15) is 24.8 Å². The molecule has 0 saturated heterocycles. The molecule has 5 heteroatoms. The van der Waals surface area contributed by atoms with Gasteiger partial charge in [0, 0.05) is 6.42 Å². The summed E-state index contributed by atoms with van der Waals surface area (Å²) < 4.78 is 11.5. The molecule has 0 aliphatic rings. The maximum atomic E-state index is 12.3. The summed E-state index contributed by atoms with van der Waals surface area (Å²) in [6.45, 7) is 0.496. The number of ether oxygens (including phenoxy) is 2. The van der Waals surface area contributed by atoms with E-state index in [1.54, 1.807) is 18.2 Å². The zero-order chi connectivity index (χ0) is 20.3. The summed E-state index contributed by atoms with van der Waals surface area (Å²) in [7, 11) is 0. The van der Waals surface area contributed by atoms with Gasteiger partial charge in [0.2, 0.25) is 5.91 Å². The molecule has 5 nitrogen and oxygen atoms in total. The number of carbonyl (C=O) groups is 1.